The van der Waals surface area contributed by atoms with E-state index in [0.29, 0.717) is 10.6 Å². The molecule has 0 radical (unpaired) electrons. The molecule has 0 aliphatic carbocycles. The fraction of sp³-hybridized carbons (Fsp3) is 0.111. The zero-order valence-electron chi connectivity index (χ0n) is 13.7. The minimum atomic E-state index is -3.98. The number of sulfonamides is 1. The van der Waals surface area contributed by atoms with Crippen molar-refractivity contribution in [3.05, 3.63) is 70.8 Å². The molecule has 6 nitrogen and oxygen atoms in total. The van der Waals surface area contributed by atoms with Crippen LogP contribution >= 0.6 is 11.6 Å². The third kappa shape index (κ3) is 5.26. The van der Waals surface area contributed by atoms with E-state index in [1.165, 1.54) is 37.3 Å². The quantitative estimate of drug-likeness (QED) is 0.556. The molecule has 2 aromatic rings. The SMILES string of the molecule is C[C@@H](NS(=O)(=O)c1ccc(C(=O)/C=C/c2ccc(Cl)cc2)cc1)C(=O)O. The summed E-state index contributed by atoms with van der Waals surface area (Å²) < 4.78 is 26.2. The van der Waals surface area contributed by atoms with Crippen LogP contribution < -0.4 is 4.72 Å². The maximum absolute atomic E-state index is 12.2. The van der Waals surface area contributed by atoms with Crippen molar-refractivity contribution >= 4 is 39.5 Å². The molecule has 2 N–H and O–H groups in total. The van der Waals surface area contributed by atoms with Gasteiger partial charge in [0.2, 0.25) is 10.0 Å². The van der Waals surface area contributed by atoms with Crippen LogP contribution in [0.5, 0.6) is 0 Å². The van der Waals surface area contributed by atoms with Crippen LogP contribution in [0.2, 0.25) is 5.02 Å². The van der Waals surface area contributed by atoms with Gasteiger partial charge in [-0.2, -0.15) is 4.72 Å². The molecule has 2 aromatic carbocycles. The molecule has 0 heterocycles. The van der Waals surface area contributed by atoms with Crippen LogP contribution in [0.25, 0.3) is 6.08 Å². The monoisotopic (exact) mass is 393 g/mol. The minimum Gasteiger partial charge on any atom is -0.480 e. The van der Waals surface area contributed by atoms with Gasteiger partial charge in [0.05, 0.1) is 4.90 Å². The second-order valence-electron chi connectivity index (χ2n) is 5.45. The van der Waals surface area contributed by atoms with Crippen molar-refractivity contribution in [3.8, 4) is 0 Å². The first-order chi connectivity index (χ1) is 12.2. The summed E-state index contributed by atoms with van der Waals surface area (Å²) in [6, 6.07) is 10.9. The van der Waals surface area contributed by atoms with E-state index in [1.54, 1.807) is 30.3 Å². The maximum atomic E-state index is 12.2. The Kier molecular flexibility index (Phi) is 6.31. The summed E-state index contributed by atoms with van der Waals surface area (Å²) in [6.07, 6.45) is 3.00. The Bertz CT molecular complexity index is 935. The van der Waals surface area contributed by atoms with Gasteiger partial charge in [-0.25, -0.2) is 8.42 Å². The molecule has 0 fully saturated rings. The third-order valence-electron chi connectivity index (χ3n) is 3.45. The van der Waals surface area contributed by atoms with Crippen LogP contribution in [0.4, 0.5) is 0 Å². The van der Waals surface area contributed by atoms with Gasteiger partial charge in [-0.15, -0.1) is 0 Å². The van der Waals surface area contributed by atoms with Crippen molar-refractivity contribution in [2.75, 3.05) is 0 Å². The predicted molar refractivity (Wildman–Crippen MR) is 98.7 cm³/mol. The first-order valence-electron chi connectivity index (χ1n) is 7.52. The van der Waals surface area contributed by atoms with Crippen LogP contribution in [0.15, 0.2) is 59.5 Å². The van der Waals surface area contributed by atoms with Crippen molar-refractivity contribution in [2.24, 2.45) is 0 Å². The molecule has 0 bridgehead atoms. The number of allylic oxidation sites excluding steroid dienone is 1. The van der Waals surface area contributed by atoms with Crippen molar-refractivity contribution < 1.29 is 23.1 Å². The number of hydrogen-bond donors (Lipinski definition) is 2. The van der Waals surface area contributed by atoms with Gasteiger partial charge < -0.3 is 5.11 Å². The lowest BCUT2D eigenvalue weighted by Gasteiger charge is -2.10. The highest BCUT2D eigenvalue weighted by molar-refractivity contribution is 7.89. The lowest BCUT2D eigenvalue weighted by atomic mass is 10.1. The number of carbonyl (C=O) groups excluding carboxylic acids is 1. The number of carboxylic acid groups (broad SMARTS) is 1. The number of nitrogens with one attached hydrogen (secondary N) is 1. The molecule has 136 valence electrons. The average molecular weight is 394 g/mol. The molecule has 2 rings (SSSR count). The van der Waals surface area contributed by atoms with E-state index >= 15 is 0 Å². The Balaban J connectivity index is 2.12. The molecule has 0 spiro atoms. The zero-order valence-corrected chi connectivity index (χ0v) is 15.3. The smallest absolute Gasteiger partial charge is 0.321 e. The number of halogens is 1. The summed E-state index contributed by atoms with van der Waals surface area (Å²) in [6.45, 7) is 1.22. The molecular formula is C18H16ClNO5S. The average Bonchev–Trinajstić information content (AvgIpc) is 2.60. The van der Waals surface area contributed by atoms with Crippen LogP contribution in [0.3, 0.4) is 0 Å². The van der Waals surface area contributed by atoms with E-state index in [9.17, 15) is 18.0 Å². The highest BCUT2D eigenvalue weighted by atomic mass is 35.5. The highest BCUT2D eigenvalue weighted by Gasteiger charge is 2.21. The Morgan fingerprint density at radius 3 is 2.19 bits per heavy atom. The Morgan fingerprint density at radius 1 is 1.08 bits per heavy atom. The standard InChI is InChI=1S/C18H16ClNO5S/c1-12(18(22)23)20-26(24,25)16-9-5-14(6-10-16)17(21)11-4-13-2-7-15(19)8-3-13/h2-12,20H,1H3,(H,22,23)/b11-4+/t12-/m1/s1. The summed E-state index contributed by atoms with van der Waals surface area (Å²) >= 11 is 5.79. The van der Waals surface area contributed by atoms with Crippen molar-refractivity contribution in [3.63, 3.8) is 0 Å². The number of carboxylic acids is 1. The van der Waals surface area contributed by atoms with E-state index in [1.807, 2.05) is 4.72 Å². The molecule has 8 heteroatoms. The molecule has 0 amide bonds. The molecular weight excluding hydrogens is 378 g/mol. The zero-order chi connectivity index (χ0) is 19.3. The van der Waals surface area contributed by atoms with Crippen LogP contribution in [0, 0.1) is 0 Å². The summed E-state index contributed by atoms with van der Waals surface area (Å²) in [5.74, 6) is -1.58. The van der Waals surface area contributed by atoms with Crippen molar-refractivity contribution in [1.82, 2.24) is 4.72 Å². The number of benzene rings is 2. The Morgan fingerprint density at radius 2 is 1.65 bits per heavy atom. The van der Waals surface area contributed by atoms with Crippen molar-refractivity contribution in [2.45, 2.75) is 17.9 Å². The summed E-state index contributed by atoms with van der Waals surface area (Å²) in [4.78, 5) is 22.8. The van der Waals surface area contributed by atoms with E-state index in [4.69, 9.17) is 16.7 Å². The van der Waals surface area contributed by atoms with Gasteiger partial charge in [-0.3, -0.25) is 9.59 Å². The molecule has 0 aliphatic rings. The Hall–Kier alpha value is -2.48. The molecule has 1 atom stereocenters. The molecule has 0 aromatic heterocycles. The predicted octanol–water partition coefficient (Wildman–Crippen LogP) is 2.99. The molecule has 0 unspecified atom stereocenters. The largest absolute Gasteiger partial charge is 0.480 e. The first-order valence-corrected chi connectivity index (χ1v) is 9.38. The fourth-order valence-corrected chi connectivity index (χ4v) is 3.31. The van der Waals surface area contributed by atoms with Gasteiger partial charge in [0.1, 0.15) is 6.04 Å². The lowest BCUT2D eigenvalue weighted by Crippen LogP contribution is -2.38. The topological polar surface area (TPSA) is 101 Å². The van der Waals surface area contributed by atoms with Gasteiger partial charge in [0.15, 0.2) is 5.78 Å². The van der Waals surface area contributed by atoms with Gasteiger partial charge in [0.25, 0.3) is 0 Å². The lowest BCUT2D eigenvalue weighted by molar-refractivity contribution is -0.138. The van der Waals surface area contributed by atoms with Gasteiger partial charge in [0, 0.05) is 10.6 Å². The van der Waals surface area contributed by atoms with Crippen molar-refractivity contribution in [1.29, 1.82) is 0 Å². The maximum Gasteiger partial charge on any atom is 0.321 e. The molecule has 26 heavy (non-hydrogen) atoms. The molecule has 0 aliphatic heterocycles. The minimum absolute atomic E-state index is 0.121. The Labute approximate surface area is 156 Å². The number of hydrogen-bond acceptors (Lipinski definition) is 4. The number of aliphatic carboxylic acids is 1. The van der Waals surface area contributed by atoms with Gasteiger partial charge in [-0.05, 0) is 55.0 Å². The second-order valence-corrected chi connectivity index (χ2v) is 7.61. The van der Waals surface area contributed by atoms with E-state index in [-0.39, 0.29) is 10.7 Å². The second kappa shape index (κ2) is 8.27. The number of carbonyl (C=O) groups is 2. The van der Waals surface area contributed by atoms with Gasteiger partial charge in [-0.1, -0.05) is 29.8 Å². The van der Waals surface area contributed by atoms with E-state index < -0.39 is 22.0 Å². The molecule has 0 saturated carbocycles. The third-order valence-corrected chi connectivity index (χ3v) is 5.26. The number of rotatable bonds is 7. The summed E-state index contributed by atoms with van der Waals surface area (Å²) in [5.41, 5.74) is 1.11. The van der Waals surface area contributed by atoms with Crippen LogP contribution in [0.1, 0.15) is 22.8 Å². The van der Waals surface area contributed by atoms with Crippen LogP contribution in [-0.4, -0.2) is 31.3 Å². The normalized spacial score (nSPS) is 12.8. The molecule has 0 saturated heterocycles. The first kappa shape index (κ1) is 19.8. The van der Waals surface area contributed by atoms with E-state index in [0.717, 1.165) is 5.56 Å². The van der Waals surface area contributed by atoms with Gasteiger partial charge >= 0.3 is 5.97 Å². The highest BCUT2D eigenvalue weighted by Crippen LogP contribution is 2.14. The summed E-state index contributed by atoms with van der Waals surface area (Å²) in [7, 11) is -3.98. The fourth-order valence-electron chi connectivity index (χ4n) is 1.99. The summed E-state index contributed by atoms with van der Waals surface area (Å²) in [5, 5.41) is 9.38. The van der Waals surface area contributed by atoms with E-state index in [2.05, 4.69) is 0 Å². The van der Waals surface area contributed by atoms with Crippen LogP contribution in [-0.2, 0) is 14.8 Å². The number of ketones is 1.